The predicted octanol–water partition coefficient (Wildman–Crippen LogP) is 1.33. The Morgan fingerprint density at radius 2 is 1.61 bits per heavy atom. The van der Waals surface area contributed by atoms with Crippen LogP contribution in [0.1, 0.15) is 46.5 Å². The number of urea groups is 1. The summed E-state index contributed by atoms with van der Waals surface area (Å²) < 4.78 is 11.5. The molecule has 7 amide bonds. The highest BCUT2D eigenvalue weighted by Gasteiger charge is 2.31. The topological polar surface area (TPSA) is 218 Å². The first-order valence-corrected chi connectivity index (χ1v) is 17.4. The molecule has 1 aromatic carbocycles. The number of benzene rings is 1. The van der Waals surface area contributed by atoms with E-state index in [9.17, 15) is 38.4 Å². The summed E-state index contributed by atoms with van der Waals surface area (Å²) in [6.07, 6.45) is 1.44. The van der Waals surface area contributed by atoms with Gasteiger partial charge in [-0.15, -0.1) is 0 Å². The molecule has 0 spiro atoms. The van der Waals surface area contributed by atoms with E-state index in [0.29, 0.717) is 17.7 Å². The summed E-state index contributed by atoms with van der Waals surface area (Å²) in [4.78, 5) is 103. The molecule has 0 unspecified atom stereocenters. The third-order valence-corrected chi connectivity index (χ3v) is 8.70. The normalized spacial score (nSPS) is 14.0. The highest BCUT2D eigenvalue weighted by atomic mass is 32.2. The minimum Gasteiger partial charge on any atom is -0.463 e. The zero-order chi connectivity index (χ0) is 38.8. The van der Waals surface area contributed by atoms with Gasteiger partial charge in [-0.05, 0) is 48.6 Å². The number of rotatable bonds is 20. The third-order valence-electron chi connectivity index (χ3n) is 7.74. The number of anilines is 1. The maximum absolute atomic E-state index is 13.5. The van der Waals surface area contributed by atoms with Gasteiger partial charge in [-0.25, -0.2) is 4.79 Å². The molecule has 1 heterocycles. The van der Waals surface area contributed by atoms with Gasteiger partial charge in [-0.2, -0.15) is 11.8 Å². The molecule has 278 valence electrons. The molecule has 1 aliphatic heterocycles. The molecule has 0 radical (unpaired) electrons. The summed E-state index contributed by atoms with van der Waals surface area (Å²) in [6, 6.07) is 4.78. The number of carbonyl (C=O) groups excluding carboxylic acids is 8. The van der Waals surface area contributed by atoms with E-state index in [1.165, 1.54) is 26.5 Å². The fourth-order valence-corrected chi connectivity index (χ4v) is 5.79. The van der Waals surface area contributed by atoms with Crippen molar-refractivity contribution in [3.05, 3.63) is 55.1 Å². The number of nitrogens with two attached hydrogens (primary N) is 1. The van der Waals surface area contributed by atoms with Crippen molar-refractivity contribution in [2.75, 3.05) is 43.4 Å². The van der Waals surface area contributed by atoms with Crippen LogP contribution in [0.3, 0.4) is 0 Å². The Labute approximate surface area is 302 Å². The number of nitrogens with zero attached hydrogens (tertiary/aromatic N) is 3. The SMILES string of the molecule is [2H]C(=O)OCc1ccc(NC(=O)[C@H](CCCNC(N)=O)CC(=O)[C@@H](NC(=O)CSCCC(=O)N2CN(C(=O)C=C)CN(C(=O)C=C)C2)C(C)C)cc1. The summed E-state index contributed by atoms with van der Waals surface area (Å²) in [7, 11) is 0. The predicted molar refractivity (Wildman–Crippen MR) is 190 cm³/mol. The highest BCUT2D eigenvalue weighted by molar-refractivity contribution is 7.99. The van der Waals surface area contributed by atoms with E-state index in [2.05, 4.69) is 33.8 Å². The van der Waals surface area contributed by atoms with Crippen molar-refractivity contribution in [2.45, 2.75) is 52.2 Å². The highest BCUT2D eigenvalue weighted by Crippen LogP contribution is 2.20. The van der Waals surface area contributed by atoms with Crippen LogP contribution in [-0.4, -0.2) is 107 Å². The van der Waals surface area contributed by atoms with Crippen LogP contribution in [0.5, 0.6) is 0 Å². The molecule has 17 heteroatoms. The van der Waals surface area contributed by atoms with Gasteiger partial charge in [0, 0.05) is 36.7 Å². The molecule has 2 atom stereocenters. The largest absolute Gasteiger partial charge is 0.463 e. The Morgan fingerprint density at radius 3 is 2.16 bits per heavy atom. The summed E-state index contributed by atoms with van der Waals surface area (Å²) in [5.74, 6) is -3.36. The van der Waals surface area contributed by atoms with Crippen molar-refractivity contribution in [2.24, 2.45) is 17.6 Å². The number of hydrogen-bond donors (Lipinski definition) is 4. The van der Waals surface area contributed by atoms with Crippen molar-refractivity contribution >= 4 is 65.2 Å². The fourth-order valence-electron chi connectivity index (χ4n) is 5.06. The molecule has 1 aliphatic rings. The number of nitrogens with one attached hydrogen (secondary N) is 3. The Hall–Kier alpha value is -5.19. The van der Waals surface area contributed by atoms with E-state index in [0.717, 1.165) is 12.2 Å². The number of carbonyl (C=O) groups is 8. The minimum atomic E-state index is -1.17. The molecule has 0 aromatic heterocycles. The van der Waals surface area contributed by atoms with Crippen molar-refractivity contribution in [3.63, 3.8) is 0 Å². The van der Waals surface area contributed by atoms with Crippen LogP contribution in [-0.2, 0) is 44.9 Å². The fraction of sp³-hybridized carbons (Fsp3) is 0.471. The van der Waals surface area contributed by atoms with Crippen molar-refractivity contribution in [1.29, 1.82) is 0 Å². The first-order chi connectivity index (χ1) is 24.6. The second-order valence-electron chi connectivity index (χ2n) is 12.0. The zero-order valence-corrected chi connectivity index (χ0v) is 29.7. The van der Waals surface area contributed by atoms with Gasteiger partial charge in [-0.3, -0.25) is 33.6 Å². The molecule has 51 heavy (non-hydrogen) atoms. The molecule has 1 saturated heterocycles. The van der Waals surface area contributed by atoms with E-state index in [-0.39, 0.29) is 81.5 Å². The van der Waals surface area contributed by atoms with Gasteiger partial charge in [0.25, 0.3) is 6.45 Å². The quantitative estimate of drug-likeness (QED) is 0.0857. The van der Waals surface area contributed by atoms with E-state index in [4.69, 9.17) is 7.10 Å². The Kier molecular flexibility index (Phi) is 17.2. The van der Waals surface area contributed by atoms with Crippen LogP contribution < -0.4 is 21.7 Å². The lowest BCUT2D eigenvalue weighted by atomic mass is 9.89. The molecule has 1 fully saturated rings. The standard InChI is InChI=1S/C34H47N7O9S/c1-5-29(45)39-19-40(30(46)6-2)21-41(20-39)31(47)13-15-51-18-28(44)38-32(23(3)4)27(43)16-25(8-7-14-36-34(35)49)33(48)37-26-11-9-24(10-12-26)17-50-22-42/h5-6,9-12,22-23,25,32H,1-2,7-8,13-21H2,3-4H3,(H,37,48)(H,38,44)(H3,35,36,49)/t25-,32+/m1/s1/i22D. The number of ether oxygens (including phenoxy) is 1. The number of amides is 7. The number of thioether (sulfide) groups is 1. The van der Waals surface area contributed by atoms with Crippen molar-refractivity contribution < 1.29 is 44.5 Å². The van der Waals surface area contributed by atoms with E-state index in [1.807, 2.05) is 0 Å². The van der Waals surface area contributed by atoms with Crippen LogP contribution in [0.4, 0.5) is 10.5 Å². The van der Waals surface area contributed by atoms with Gasteiger partial charge in [-0.1, -0.05) is 39.1 Å². The number of ketones is 1. The Bertz CT molecular complexity index is 1460. The average Bonchev–Trinajstić information content (AvgIpc) is 3.11. The lowest BCUT2D eigenvalue weighted by Crippen LogP contribution is -2.59. The Morgan fingerprint density at radius 1 is 1.00 bits per heavy atom. The van der Waals surface area contributed by atoms with E-state index < -0.39 is 48.1 Å². The summed E-state index contributed by atoms with van der Waals surface area (Å²) >= 11 is 1.18. The number of primary amides is 1. The van der Waals surface area contributed by atoms with Gasteiger partial charge in [0.1, 0.15) is 6.61 Å². The zero-order valence-electron chi connectivity index (χ0n) is 29.9. The van der Waals surface area contributed by atoms with Gasteiger partial charge in [0.05, 0.1) is 31.8 Å². The monoisotopic (exact) mass is 730 g/mol. The Balaban J connectivity index is 1.97. The molecule has 1 aromatic rings. The first kappa shape index (κ1) is 40.2. The van der Waals surface area contributed by atoms with Gasteiger partial charge in [0.15, 0.2) is 7.15 Å². The van der Waals surface area contributed by atoms with Crippen LogP contribution in [0.25, 0.3) is 0 Å². The van der Waals surface area contributed by atoms with Crippen LogP contribution in [0.2, 0.25) is 0 Å². The number of hydrogen-bond acceptors (Lipinski definition) is 10. The molecule has 16 nitrogen and oxygen atoms in total. The third kappa shape index (κ3) is 14.7. The maximum atomic E-state index is 13.5. The molecule has 0 bridgehead atoms. The van der Waals surface area contributed by atoms with Crippen LogP contribution in [0.15, 0.2) is 49.6 Å². The van der Waals surface area contributed by atoms with Crippen molar-refractivity contribution in [3.8, 4) is 0 Å². The van der Waals surface area contributed by atoms with Crippen LogP contribution in [0, 0.1) is 11.8 Å². The van der Waals surface area contributed by atoms with E-state index in [1.54, 1.807) is 38.1 Å². The molecule has 0 saturated carbocycles. The summed E-state index contributed by atoms with van der Waals surface area (Å²) in [5, 5.41) is 7.98. The average molecular weight is 731 g/mol. The minimum absolute atomic E-state index is 0.00869. The van der Waals surface area contributed by atoms with Gasteiger partial charge >= 0.3 is 6.03 Å². The molecular weight excluding hydrogens is 682 g/mol. The first-order valence-electron chi connectivity index (χ1n) is 16.7. The molecule has 5 N–H and O–H groups in total. The van der Waals surface area contributed by atoms with E-state index >= 15 is 0 Å². The van der Waals surface area contributed by atoms with Crippen LogP contribution >= 0.6 is 11.8 Å². The lowest BCUT2D eigenvalue weighted by molar-refractivity contribution is -0.154. The molecule has 2 rings (SSSR count). The second-order valence-corrected chi connectivity index (χ2v) is 13.1. The molecule has 0 aliphatic carbocycles. The smallest absolute Gasteiger partial charge is 0.312 e. The summed E-state index contributed by atoms with van der Waals surface area (Å²) in [6.45, 7) is 10.5. The molecular formula is C34H47N7O9S. The second kappa shape index (κ2) is 21.8. The van der Waals surface area contributed by atoms with Gasteiger partial charge in [0.2, 0.25) is 29.5 Å². The number of Topliss-reactive ketones (excluding diaryl/α,β-unsaturated/α-hetero) is 1. The summed E-state index contributed by atoms with van der Waals surface area (Å²) in [5.41, 5.74) is 6.17. The maximum Gasteiger partial charge on any atom is 0.312 e. The van der Waals surface area contributed by atoms with Crippen molar-refractivity contribution in [1.82, 2.24) is 25.3 Å². The lowest BCUT2D eigenvalue weighted by Gasteiger charge is -2.41. The van der Waals surface area contributed by atoms with Gasteiger partial charge < -0.3 is 41.1 Å².